The van der Waals surface area contributed by atoms with Crippen LogP contribution >= 0.6 is 0 Å². The quantitative estimate of drug-likeness (QED) is 0.534. The van der Waals surface area contributed by atoms with Crippen LogP contribution in [0.15, 0.2) is 71.8 Å². The molecule has 0 spiro atoms. The van der Waals surface area contributed by atoms with Gasteiger partial charge in [-0.15, -0.1) is 0 Å². The fraction of sp³-hybridized carbons (Fsp3) is 0.0833. The van der Waals surface area contributed by atoms with E-state index in [1.54, 1.807) is 0 Å². The average molecular weight is 316 g/mol. The molecule has 0 N–H and O–H groups in total. The highest BCUT2D eigenvalue weighted by atomic mass is 16.5. The van der Waals surface area contributed by atoms with Gasteiger partial charge in [0.05, 0.1) is 0 Å². The lowest BCUT2D eigenvalue weighted by Gasteiger charge is -2.03. The Kier molecular flexibility index (Phi) is 3.11. The summed E-state index contributed by atoms with van der Waals surface area (Å²) < 4.78 is 5.93. The van der Waals surface area contributed by atoms with Gasteiger partial charge >= 0.3 is 0 Å². The Morgan fingerprint density at radius 2 is 0.880 bits per heavy atom. The van der Waals surface area contributed by atoms with E-state index in [1.807, 2.05) is 48.5 Å². The number of rotatable bonds is 0. The molecule has 114 valence electrons. The molecule has 2 aliphatic heterocycles. The lowest BCUT2D eigenvalue weighted by Crippen LogP contribution is -2.02. The van der Waals surface area contributed by atoms with Crippen LogP contribution in [0.5, 0.6) is 0 Å². The maximum atomic E-state index is 5.93. The van der Waals surface area contributed by atoms with E-state index in [1.165, 1.54) is 0 Å². The van der Waals surface area contributed by atoms with Gasteiger partial charge in [0, 0.05) is 33.4 Å². The van der Waals surface area contributed by atoms with Crippen LogP contribution in [-0.4, -0.2) is 12.2 Å². The summed E-state index contributed by atoms with van der Waals surface area (Å²) in [6.07, 6.45) is 3.98. The van der Waals surface area contributed by atoms with E-state index < -0.39 is 0 Å². The molecule has 0 amide bonds. The van der Waals surface area contributed by atoms with E-state index in [0.29, 0.717) is 0 Å². The summed E-state index contributed by atoms with van der Waals surface area (Å²) in [5.74, 6) is 19.6. The predicted molar refractivity (Wildman–Crippen MR) is 97.4 cm³/mol. The molecule has 5 rings (SSSR count). The van der Waals surface area contributed by atoms with Crippen LogP contribution in [0.25, 0.3) is 0 Å². The van der Waals surface area contributed by atoms with Crippen molar-refractivity contribution in [1.29, 1.82) is 0 Å². The third-order valence-electron chi connectivity index (χ3n) is 4.46. The number of fused-ring (bicyclic) bond motifs is 6. The monoisotopic (exact) mass is 316 g/mol. The Balaban J connectivity index is 1.78. The first-order valence-electron chi connectivity index (χ1n) is 8.20. The van der Waals surface area contributed by atoms with E-state index in [9.17, 15) is 0 Å². The van der Waals surface area contributed by atoms with Gasteiger partial charge in [-0.1, -0.05) is 71.9 Å². The minimum Gasteiger partial charge on any atom is -0.356 e. The molecular weight excluding hydrogens is 304 g/mol. The predicted octanol–water partition coefficient (Wildman–Crippen LogP) is 3.44. The molecule has 0 saturated heterocycles. The molecule has 1 aliphatic carbocycles. The lowest BCUT2D eigenvalue weighted by molar-refractivity contribution is 0.131. The number of ether oxygens (including phenoxy) is 1. The van der Waals surface area contributed by atoms with Gasteiger partial charge in [0.15, 0.2) is 0 Å². The van der Waals surface area contributed by atoms with Crippen LogP contribution in [0.4, 0.5) is 0 Å². The smallest absolute Gasteiger partial charge is 0.111 e. The molecule has 0 saturated carbocycles. The number of hydrogen-bond acceptors (Lipinski definition) is 1. The van der Waals surface area contributed by atoms with Gasteiger partial charge in [-0.3, -0.25) is 0 Å². The topological polar surface area (TPSA) is 9.23 Å². The van der Waals surface area contributed by atoms with Crippen LogP contribution in [0.3, 0.4) is 0 Å². The van der Waals surface area contributed by atoms with Crippen LogP contribution < -0.4 is 0 Å². The summed E-state index contributed by atoms with van der Waals surface area (Å²) in [6, 6.07) is 16.0. The SMILES string of the molecule is C1#Cc2ccccc2C#Cc2ccccc2C#CC2=C1C1C=CC2O1. The van der Waals surface area contributed by atoms with E-state index in [0.717, 1.165) is 33.4 Å². The first kappa shape index (κ1) is 13.9. The highest BCUT2D eigenvalue weighted by molar-refractivity contribution is 5.63. The molecule has 2 aromatic rings. The molecule has 0 fully saturated rings. The van der Waals surface area contributed by atoms with Gasteiger partial charge in [-0.05, 0) is 24.3 Å². The van der Waals surface area contributed by atoms with Gasteiger partial charge in [-0.2, -0.15) is 0 Å². The molecule has 1 nitrogen and oxygen atoms in total. The van der Waals surface area contributed by atoms with Crippen LogP contribution in [-0.2, 0) is 4.74 Å². The Bertz CT molecular complexity index is 1060. The second kappa shape index (κ2) is 5.58. The maximum Gasteiger partial charge on any atom is 0.111 e. The third kappa shape index (κ3) is 2.38. The molecule has 2 bridgehead atoms. The van der Waals surface area contributed by atoms with Crippen molar-refractivity contribution >= 4 is 0 Å². The second-order valence-corrected chi connectivity index (χ2v) is 6.03. The van der Waals surface area contributed by atoms with Crippen molar-refractivity contribution in [3.05, 3.63) is 94.1 Å². The molecule has 25 heavy (non-hydrogen) atoms. The first-order chi connectivity index (χ1) is 12.4. The van der Waals surface area contributed by atoms with Crippen molar-refractivity contribution < 1.29 is 4.74 Å². The minimum absolute atomic E-state index is 0.0711. The van der Waals surface area contributed by atoms with Crippen LogP contribution in [0.1, 0.15) is 22.3 Å². The molecule has 3 aliphatic rings. The number of hydrogen-bond donors (Lipinski definition) is 0. The zero-order valence-corrected chi connectivity index (χ0v) is 13.3. The summed E-state index contributed by atoms with van der Waals surface area (Å²) >= 11 is 0. The van der Waals surface area contributed by atoms with Crippen molar-refractivity contribution in [1.82, 2.24) is 0 Å². The van der Waals surface area contributed by atoms with Crippen molar-refractivity contribution in [2.24, 2.45) is 0 Å². The third-order valence-corrected chi connectivity index (χ3v) is 4.46. The molecular formula is C24H12O. The zero-order valence-electron chi connectivity index (χ0n) is 13.3. The van der Waals surface area contributed by atoms with E-state index in [4.69, 9.17) is 4.74 Å². The molecule has 1 heteroatoms. The first-order valence-corrected chi connectivity index (χ1v) is 8.20. The second-order valence-electron chi connectivity index (χ2n) is 6.03. The summed E-state index contributed by atoms with van der Waals surface area (Å²) in [5, 5.41) is 0. The fourth-order valence-corrected chi connectivity index (χ4v) is 3.17. The lowest BCUT2D eigenvalue weighted by atomic mass is 9.96. The van der Waals surface area contributed by atoms with Crippen molar-refractivity contribution in [2.75, 3.05) is 0 Å². The largest absolute Gasteiger partial charge is 0.356 e. The summed E-state index contributed by atoms with van der Waals surface area (Å²) in [6.45, 7) is 0. The highest BCUT2D eigenvalue weighted by Gasteiger charge is 2.34. The van der Waals surface area contributed by atoms with Gasteiger partial charge in [0.25, 0.3) is 0 Å². The summed E-state index contributed by atoms with van der Waals surface area (Å²) in [5.41, 5.74) is 5.67. The van der Waals surface area contributed by atoms with Crippen molar-refractivity contribution in [3.8, 4) is 35.5 Å². The molecule has 2 heterocycles. The van der Waals surface area contributed by atoms with E-state index >= 15 is 0 Å². The summed E-state index contributed by atoms with van der Waals surface area (Å²) in [7, 11) is 0. The van der Waals surface area contributed by atoms with E-state index in [2.05, 4.69) is 47.7 Å². The van der Waals surface area contributed by atoms with Gasteiger partial charge in [0.2, 0.25) is 0 Å². The maximum absolute atomic E-state index is 5.93. The Labute approximate surface area is 147 Å². The standard InChI is InChI=1S/C24H12O/c1-3-7-19-11-13-21-22(24-16-15-23(21)25-24)14-12-20-8-4-2-6-18(20)10-9-17(19)5-1/h1-8,15-16,23-24H. The Morgan fingerprint density at radius 1 is 0.520 bits per heavy atom. The van der Waals surface area contributed by atoms with Gasteiger partial charge < -0.3 is 4.74 Å². The normalized spacial score (nSPS) is 21.1. The molecule has 2 atom stereocenters. The highest BCUT2D eigenvalue weighted by Crippen LogP contribution is 2.33. The minimum atomic E-state index is -0.0711. The van der Waals surface area contributed by atoms with Gasteiger partial charge in [-0.25, -0.2) is 0 Å². The molecule has 2 unspecified atom stereocenters. The molecule has 2 aromatic carbocycles. The van der Waals surface area contributed by atoms with Crippen molar-refractivity contribution in [3.63, 3.8) is 0 Å². The Morgan fingerprint density at radius 3 is 1.28 bits per heavy atom. The number of benzene rings is 2. The summed E-state index contributed by atoms with van der Waals surface area (Å²) in [4.78, 5) is 0. The van der Waals surface area contributed by atoms with Gasteiger partial charge in [0.1, 0.15) is 12.2 Å². The molecule has 0 aromatic heterocycles. The average Bonchev–Trinajstić information content (AvgIpc) is 3.24. The Hall–Kier alpha value is -3.44. The van der Waals surface area contributed by atoms with Crippen LogP contribution in [0.2, 0.25) is 0 Å². The zero-order chi connectivity index (χ0) is 16.6. The molecule has 0 radical (unpaired) electrons. The van der Waals surface area contributed by atoms with Crippen molar-refractivity contribution in [2.45, 2.75) is 12.2 Å². The van der Waals surface area contributed by atoms with E-state index in [-0.39, 0.29) is 12.2 Å². The van der Waals surface area contributed by atoms with Crippen LogP contribution in [0, 0.1) is 35.5 Å². The fourth-order valence-electron chi connectivity index (χ4n) is 3.17.